The zero-order valence-electron chi connectivity index (χ0n) is 10.0. The van der Waals surface area contributed by atoms with Crippen molar-refractivity contribution in [1.82, 2.24) is 14.7 Å². The average Bonchev–Trinajstić information content (AvgIpc) is 2.76. The first kappa shape index (κ1) is 11.2. The van der Waals surface area contributed by atoms with Crippen molar-refractivity contribution in [2.45, 2.75) is 33.2 Å². The second-order valence-electron chi connectivity index (χ2n) is 4.56. The fourth-order valence-corrected chi connectivity index (χ4v) is 2.19. The lowest BCUT2D eigenvalue weighted by molar-refractivity contribution is 0.0676. The summed E-state index contributed by atoms with van der Waals surface area (Å²) in [7, 11) is 0. The molecular weight excluding hydrogens is 202 g/mol. The molecule has 88 valence electrons. The fraction of sp³-hybridized carbons (Fsp3) is 0.667. The van der Waals surface area contributed by atoms with E-state index in [1.165, 1.54) is 6.42 Å². The van der Waals surface area contributed by atoms with Crippen molar-refractivity contribution in [3.8, 4) is 0 Å². The van der Waals surface area contributed by atoms with Gasteiger partial charge in [0.2, 0.25) is 0 Å². The first-order valence-corrected chi connectivity index (χ1v) is 6.03. The van der Waals surface area contributed by atoms with Crippen LogP contribution in [-0.4, -0.2) is 33.7 Å². The number of carbonyl (C=O) groups is 1. The highest BCUT2D eigenvalue weighted by atomic mass is 16.2. The monoisotopic (exact) mass is 221 g/mol. The van der Waals surface area contributed by atoms with Gasteiger partial charge >= 0.3 is 0 Å². The van der Waals surface area contributed by atoms with Gasteiger partial charge in [-0.15, -0.1) is 0 Å². The molecule has 1 atom stereocenters. The average molecular weight is 221 g/mol. The summed E-state index contributed by atoms with van der Waals surface area (Å²) in [6.07, 6.45) is 4.20. The van der Waals surface area contributed by atoms with E-state index in [4.69, 9.17) is 0 Å². The second kappa shape index (κ2) is 4.68. The molecule has 0 N–H and O–H groups in total. The summed E-state index contributed by atoms with van der Waals surface area (Å²) in [4.78, 5) is 14.1. The molecule has 1 fully saturated rings. The summed E-state index contributed by atoms with van der Waals surface area (Å²) >= 11 is 0. The molecule has 1 aliphatic rings. The van der Waals surface area contributed by atoms with E-state index >= 15 is 0 Å². The van der Waals surface area contributed by atoms with Gasteiger partial charge in [-0.3, -0.25) is 9.48 Å². The van der Waals surface area contributed by atoms with E-state index in [9.17, 15) is 4.79 Å². The van der Waals surface area contributed by atoms with E-state index in [-0.39, 0.29) is 5.91 Å². The number of nitrogens with zero attached hydrogens (tertiary/aromatic N) is 3. The summed E-state index contributed by atoms with van der Waals surface area (Å²) in [6, 6.07) is 1.81. The summed E-state index contributed by atoms with van der Waals surface area (Å²) in [5.74, 6) is 0.699. The van der Waals surface area contributed by atoms with Gasteiger partial charge in [0.15, 0.2) is 0 Å². The van der Waals surface area contributed by atoms with Crippen LogP contribution in [0.2, 0.25) is 0 Å². The van der Waals surface area contributed by atoms with E-state index < -0.39 is 0 Å². The van der Waals surface area contributed by atoms with Crippen LogP contribution in [0.5, 0.6) is 0 Å². The third-order valence-corrected chi connectivity index (χ3v) is 3.13. The SMILES string of the molecule is CCn1ccc(C(=O)N2CCC[C@@H](C)C2)n1. The molecule has 4 nitrogen and oxygen atoms in total. The topological polar surface area (TPSA) is 38.1 Å². The molecule has 16 heavy (non-hydrogen) atoms. The molecule has 2 heterocycles. The van der Waals surface area contributed by atoms with E-state index in [1.807, 2.05) is 24.1 Å². The summed E-state index contributed by atoms with van der Waals surface area (Å²) in [6.45, 7) is 6.78. The molecule has 1 saturated heterocycles. The smallest absolute Gasteiger partial charge is 0.274 e. The molecule has 1 amide bonds. The van der Waals surface area contributed by atoms with Crippen molar-refractivity contribution in [2.24, 2.45) is 5.92 Å². The Morgan fingerprint density at radius 2 is 2.44 bits per heavy atom. The maximum atomic E-state index is 12.1. The second-order valence-corrected chi connectivity index (χ2v) is 4.56. The van der Waals surface area contributed by atoms with Crippen LogP contribution in [0.1, 0.15) is 37.2 Å². The predicted octanol–water partition coefficient (Wildman–Crippen LogP) is 1.78. The van der Waals surface area contributed by atoms with Crippen LogP contribution < -0.4 is 0 Å². The molecule has 4 heteroatoms. The highest BCUT2D eigenvalue weighted by Crippen LogP contribution is 2.17. The summed E-state index contributed by atoms with van der Waals surface area (Å²) in [5, 5.41) is 4.25. The Balaban J connectivity index is 2.06. The zero-order valence-corrected chi connectivity index (χ0v) is 10.0. The molecule has 0 saturated carbocycles. The maximum Gasteiger partial charge on any atom is 0.274 e. The molecule has 0 aromatic carbocycles. The van der Waals surface area contributed by atoms with Crippen molar-refractivity contribution in [2.75, 3.05) is 13.1 Å². The Hall–Kier alpha value is -1.32. The van der Waals surface area contributed by atoms with Gasteiger partial charge in [-0.25, -0.2) is 0 Å². The van der Waals surface area contributed by atoms with E-state index in [0.717, 1.165) is 26.1 Å². The van der Waals surface area contributed by atoms with Crippen molar-refractivity contribution in [1.29, 1.82) is 0 Å². The number of likely N-dealkylation sites (tertiary alicyclic amines) is 1. The van der Waals surface area contributed by atoms with Crippen LogP contribution in [0.4, 0.5) is 0 Å². The molecule has 0 bridgehead atoms. The first-order valence-electron chi connectivity index (χ1n) is 6.03. The van der Waals surface area contributed by atoms with E-state index in [0.29, 0.717) is 11.6 Å². The lowest BCUT2D eigenvalue weighted by atomic mass is 10.0. The lowest BCUT2D eigenvalue weighted by Gasteiger charge is -2.30. The molecule has 0 aliphatic carbocycles. The number of rotatable bonds is 2. The van der Waals surface area contributed by atoms with Crippen LogP contribution >= 0.6 is 0 Å². The van der Waals surface area contributed by atoms with Crippen molar-refractivity contribution in [3.05, 3.63) is 18.0 Å². The number of carbonyl (C=O) groups excluding carboxylic acids is 1. The van der Waals surface area contributed by atoms with Gasteiger partial charge in [0.1, 0.15) is 5.69 Å². The normalized spacial score (nSPS) is 21.1. The van der Waals surface area contributed by atoms with Gasteiger partial charge < -0.3 is 4.90 Å². The molecule has 1 aliphatic heterocycles. The minimum absolute atomic E-state index is 0.0822. The minimum atomic E-state index is 0.0822. The van der Waals surface area contributed by atoms with Gasteiger partial charge in [0, 0.05) is 25.8 Å². The van der Waals surface area contributed by atoms with E-state index in [2.05, 4.69) is 12.0 Å². The number of aromatic nitrogens is 2. The first-order chi connectivity index (χ1) is 7.70. The van der Waals surface area contributed by atoms with Crippen molar-refractivity contribution < 1.29 is 4.79 Å². The summed E-state index contributed by atoms with van der Waals surface area (Å²) in [5.41, 5.74) is 0.580. The number of piperidine rings is 1. The molecular formula is C12H19N3O. The van der Waals surface area contributed by atoms with Gasteiger partial charge in [-0.2, -0.15) is 5.10 Å². The van der Waals surface area contributed by atoms with Gasteiger partial charge in [0.05, 0.1) is 0 Å². The molecule has 1 aromatic heterocycles. The number of aryl methyl sites for hydroxylation is 1. The Morgan fingerprint density at radius 1 is 1.62 bits per heavy atom. The van der Waals surface area contributed by atoms with Crippen LogP contribution in [0, 0.1) is 5.92 Å². The zero-order chi connectivity index (χ0) is 11.5. The predicted molar refractivity (Wildman–Crippen MR) is 62.2 cm³/mol. The van der Waals surface area contributed by atoms with Crippen molar-refractivity contribution >= 4 is 5.91 Å². The third kappa shape index (κ3) is 2.26. The van der Waals surface area contributed by atoms with Crippen LogP contribution in [0.15, 0.2) is 12.3 Å². The molecule has 0 unspecified atom stereocenters. The maximum absolute atomic E-state index is 12.1. The Morgan fingerprint density at radius 3 is 3.06 bits per heavy atom. The van der Waals surface area contributed by atoms with Crippen LogP contribution in [-0.2, 0) is 6.54 Å². The molecule has 2 rings (SSSR count). The van der Waals surface area contributed by atoms with E-state index in [1.54, 1.807) is 4.68 Å². The quantitative estimate of drug-likeness (QED) is 0.763. The third-order valence-electron chi connectivity index (χ3n) is 3.13. The Kier molecular flexibility index (Phi) is 3.27. The lowest BCUT2D eigenvalue weighted by Crippen LogP contribution is -2.39. The van der Waals surface area contributed by atoms with Crippen LogP contribution in [0.25, 0.3) is 0 Å². The largest absolute Gasteiger partial charge is 0.337 e. The number of hydrogen-bond donors (Lipinski definition) is 0. The minimum Gasteiger partial charge on any atom is -0.337 e. The standard InChI is InChI=1S/C12H19N3O/c1-3-15-8-6-11(13-15)12(16)14-7-4-5-10(2)9-14/h6,8,10H,3-5,7,9H2,1-2H3/t10-/m1/s1. The molecule has 0 spiro atoms. The number of hydrogen-bond acceptors (Lipinski definition) is 2. The van der Waals surface area contributed by atoms with Gasteiger partial charge in [-0.05, 0) is 31.7 Å². The van der Waals surface area contributed by atoms with Gasteiger partial charge in [-0.1, -0.05) is 6.92 Å². The summed E-state index contributed by atoms with van der Waals surface area (Å²) < 4.78 is 1.79. The number of amides is 1. The Bertz CT molecular complexity index is 372. The molecule has 1 aromatic rings. The van der Waals surface area contributed by atoms with Crippen molar-refractivity contribution in [3.63, 3.8) is 0 Å². The Labute approximate surface area is 96.2 Å². The van der Waals surface area contributed by atoms with Crippen LogP contribution in [0.3, 0.4) is 0 Å². The highest BCUT2D eigenvalue weighted by Gasteiger charge is 2.23. The molecule has 0 radical (unpaired) electrons. The fourth-order valence-electron chi connectivity index (χ4n) is 2.19. The van der Waals surface area contributed by atoms with Gasteiger partial charge in [0.25, 0.3) is 5.91 Å². The highest BCUT2D eigenvalue weighted by molar-refractivity contribution is 5.92.